The van der Waals surface area contributed by atoms with E-state index in [1.807, 2.05) is 6.20 Å². The first-order valence-corrected chi connectivity index (χ1v) is 11.4. The van der Waals surface area contributed by atoms with Crippen molar-refractivity contribution in [3.8, 4) is 0 Å². The monoisotopic (exact) mass is 391 g/mol. The lowest BCUT2D eigenvalue weighted by atomic mass is 9.45. The van der Waals surface area contributed by atoms with E-state index >= 15 is 0 Å². The van der Waals surface area contributed by atoms with Gasteiger partial charge in [-0.1, -0.05) is 43.7 Å². The van der Waals surface area contributed by atoms with Gasteiger partial charge < -0.3 is 4.74 Å². The lowest BCUT2D eigenvalue weighted by Gasteiger charge is -2.59. The predicted octanol–water partition coefficient (Wildman–Crippen LogP) is 5.84. The standard InChI is InChI=1S/C26H33NO2/c1-17(28)29-20-10-12-25(2)19(14-20)8-9-21-22-7-4-11-26(22,3)23(15-24(21)25)18-6-5-13-27-16-18/h4-6,8,11,13,16,20-24H,7,9-10,12,14-15H2,1-3H3/t20-,21-,22-,23?,24-,25-,26+/m0/s1. The van der Waals surface area contributed by atoms with Crippen LogP contribution < -0.4 is 0 Å². The maximum atomic E-state index is 11.5. The van der Waals surface area contributed by atoms with Crippen molar-refractivity contribution in [3.63, 3.8) is 0 Å². The van der Waals surface area contributed by atoms with Gasteiger partial charge in [0.05, 0.1) is 0 Å². The first-order valence-electron chi connectivity index (χ1n) is 11.4. The number of pyridine rings is 1. The van der Waals surface area contributed by atoms with E-state index in [0.29, 0.717) is 17.8 Å². The largest absolute Gasteiger partial charge is 0.462 e. The molecule has 1 unspecified atom stereocenters. The second-order valence-corrected chi connectivity index (χ2v) is 10.3. The summed E-state index contributed by atoms with van der Waals surface area (Å²) < 4.78 is 5.60. The predicted molar refractivity (Wildman–Crippen MR) is 114 cm³/mol. The van der Waals surface area contributed by atoms with Gasteiger partial charge in [0.1, 0.15) is 6.10 Å². The Morgan fingerprint density at radius 3 is 2.86 bits per heavy atom. The highest BCUT2D eigenvalue weighted by Gasteiger charge is 2.58. The molecule has 0 N–H and O–H groups in total. The van der Waals surface area contributed by atoms with Crippen LogP contribution in [0.25, 0.3) is 0 Å². The highest BCUT2D eigenvalue weighted by molar-refractivity contribution is 5.66. The zero-order valence-corrected chi connectivity index (χ0v) is 17.9. The third-order valence-corrected chi connectivity index (χ3v) is 8.98. The normalized spacial score (nSPS) is 43.0. The van der Waals surface area contributed by atoms with E-state index in [2.05, 4.69) is 55.4 Å². The lowest BCUT2D eigenvalue weighted by molar-refractivity contribution is -0.148. The van der Waals surface area contributed by atoms with Crippen LogP contribution in [0.1, 0.15) is 70.8 Å². The van der Waals surface area contributed by atoms with Crippen molar-refractivity contribution in [3.05, 3.63) is 53.9 Å². The van der Waals surface area contributed by atoms with Crippen molar-refractivity contribution < 1.29 is 9.53 Å². The van der Waals surface area contributed by atoms with Gasteiger partial charge in [-0.2, -0.15) is 0 Å². The van der Waals surface area contributed by atoms with Crippen LogP contribution in [-0.2, 0) is 9.53 Å². The zero-order valence-electron chi connectivity index (χ0n) is 17.9. The molecule has 3 heteroatoms. The Hall–Kier alpha value is -1.90. The summed E-state index contributed by atoms with van der Waals surface area (Å²) in [5, 5.41) is 0. The zero-order chi connectivity index (χ0) is 20.2. The van der Waals surface area contributed by atoms with Crippen LogP contribution in [0, 0.1) is 28.6 Å². The molecule has 0 aromatic carbocycles. The van der Waals surface area contributed by atoms with Gasteiger partial charge in [-0.05, 0) is 78.2 Å². The Kier molecular flexibility index (Phi) is 4.49. The molecule has 1 aromatic rings. The van der Waals surface area contributed by atoms with Gasteiger partial charge in [0.25, 0.3) is 0 Å². The molecule has 0 spiro atoms. The first kappa shape index (κ1) is 19.1. The molecule has 0 bridgehead atoms. The van der Waals surface area contributed by atoms with Gasteiger partial charge in [0.15, 0.2) is 0 Å². The summed E-state index contributed by atoms with van der Waals surface area (Å²) in [4.78, 5) is 15.9. The summed E-state index contributed by atoms with van der Waals surface area (Å²) in [6.45, 7) is 6.53. The molecular formula is C26H33NO2. The van der Waals surface area contributed by atoms with Crippen LogP contribution in [0.2, 0.25) is 0 Å². The molecule has 3 nitrogen and oxygen atoms in total. The van der Waals surface area contributed by atoms with E-state index in [9.17, 15) is 4.79 Å². The molecule has 4 aliphatic carbocycles. The molecule has 0 amide bonds. The summed E-state index contributed by atoms with van der Waals surface area (Å²) in [7, 11) is 0. The Morgan fingerprint density at radius 1 is 1.24 bits per heavy atom. The van der Waals surface area contributed by atoms with Gasteiger partial charge >= 0.3 is 5.97 Å². The van der Waals surface area contributed by atoms with Crippen LogP contribution in [0.5, 0.6) is 0 Å². The number of allylic oxidation sites excluding steroid dienone is 3. The minimum absolute atomic E-state index is 0.0690. The van der Waals surface area contributed by atoms with Gasteiger partial charge in [-0.15, -0.1) is 0 Å². The number of esters is 1. The molecule has 0 aliphatic heterocycles. The Morgan fingerprint density at radius 2 is 2.10 bits per heavy atom. The fraction of sp³-hybridized carbons (Fsp3) is 0.615. The second kappa shape index (κ2) is 6.82. The van der Waals surface area contributed by atoms with Crippen molar-refractivity contribution in [2.24, 2.45) is 28.6 Å². The smallest absolute Gasteiger partial charge is 0.302 e. The van der Waals surface area contributed by atoms with Crippen molar-refractivity contribution in [1.29, 1.82) is 0 Å². The first-order chi connectivity index (χ1) is 13.9. The third kappa shape index (κ3) is 2.92. The van der Waals surface area contributed by atoms with Crippen LogP contribution >= 0.6 is 0 Å². The van der Waals surface area contributed by atoms with Crippen LogP contribution in [-0.4, -0.2) is 17.1 Å². The van der Waals surface area contributed by atoms with Crippen molar-refractivity contribution in [1.82, 2.24) is 4.98 Å². The summed E-state index contributed by atoms with van der Waals surface area (Å²) in [5.74, 6) is 2.55. The summed E-state index contributed by atoms with van der Waals surface area (Å²) >= 11 is 0. The minimum Gasteiger partial charge on any atom is -0.462 e. The van der Waals surface area contributed by atoms with E-state index in [0.717, 1.165) is 25.2 Å². The number of nitrogens with zero attached hydrogens (tertiary/aromatic N) is 1. The molecule has 1 aromatic heterocycles. The van der Waals surface area contributed by atoms with Gasteiger partial charge in [-0.25, -0.2) is 0 Å². The van der Waals surface area contributed by atoms with Gasteiger partial charge in [-0.3, -0.25) is 9.78 Å². The number of carbonyl (C=O) groups is 1. The average Bonchev–Trinajstić information content (AvgIpc) is 3.10. The van der Waals surface area contributed by atoms with Crippen molar-refractivity contribution >= 4 is 5.97 Å². The number of ether oxygens (including phenoxy) is 1. The molecule has 5 rings (SSSR count). The van der Waals surface area contributed by atoms with Crippen LogP contribution in [0.4, 0.5) is 0 Å². The highest BCUT2D eigenvalue weighted by Crippen LogP contribution is 2.67. The summed E-state index contributed by atoms with van der Waals surface area (Å²) in [6.07, 6.45) is 18.2. The number of hydrogen-bond donors (Lipinski definition) is 0. The molecular weight excluding hydrogens is 358 g/mol. The maximum absolute atomic E-state index is 11.5. The van der Waals surface area contributed by atoms with Crippen LogP contribution in [0.3, 0.4) is 0 Å². The van der Waals surface area contributed by atoms with E-state index in [1.54, 1.807) is 5.57 Å². The highest BCUT2D eigenvalue weighted by atomic mass is 16.5. The molecule has 2 saturated carbocycles. The summed E-state index contributed by atoms with van der Waals surface area (Å²) in [6, 6.07) is 4.38. The minimum atomic E-state index is -0.144. The fourth-order valence-corrected chi connectivity index (χ4v) is 7.51. The topological polar surface area (TPSA) is 39.2 Å². The fourth-order valence-electron chi connectivity index (χ4n) is 7.51. The molecule has 154 valence electrons. The van der Waals surface area contributed by atoms with Gasteiger partial charge in [0, 0.05) is 25.7 Å². The molecule has 0 radical (unpaired) electrons. The lowest BCUT2D eigenvalue weighted by Crippen LogP contribution is -2.52. The molecule has 29 heavy (non-hydrogen) atoms. The Bertz CT molecular complexity index is 859. The average molecular weight is 392 g/mol. The summed E-state index contributed by atoms with van der Waals surface area (Å²) in [5.41, 5.74) is 3.43. The molecule has 4 aliphatic rings. The molecule has 7 atom stereocenters. The number of rotatable bonds is 2. The third-order valence-electron chi connectivity index (χ3n) is 8.98. The van der Waals surface area contributed by atoms with E-state index < -0.39 is 0 Å². The van der Waals surface area contributed by atoms with Crippen molar-refractivity contribution in [2.45, 2.75) is 71.3 Å². The number of carbonyl (C=O) groups excluding carboxylic acids is 1. The molecule has 2 fully saturated rings. The van der Waals surface area contributed by atoms with Crippen LogP contribution in [0.15, 0.2) is 48.3 Å². The second-order valence-electron chi connectivity index (χ2n) is 10.3. The maximum Gasteiger partial charge on any atom is 0.302 e. The van der Waals surface area contributed by atoms with E-state index in [4.69, 9.17) is 4.74 Å². The quantitative estimate of drug-likeness (QED) is 0.470. The number of aromatic nitrogens is 1. The van der Waals surface area contributed by atoms with Gasteiger partial charge in [0.2, 0.25) is 0 Å². The Balaban J connectivity index is 1.50. The van der Waals surface area contributed by atoms with E-state index in [1.165, 1.54) is 31.7 Å². The van der Waals surface area contributed by atoms with E-state index in [-0.39, 0.29) is 22.9 Å². The molecule has 0 saturated heterocycles. The van der Waals surface area contributed by atoms with Crippen molar-refractivity contribution in [2.75, 3.05) is 0 Å². The Labute approximate surface area is 174 Å². The molecule has 1 heterocycles. The number of hydrogen-bond acceptors (Lipinski definition) is 3. The SMILES string of the molecule is CC(=O)O[C@H]1CC[C@@]2(C)C(=CC[C@@H]3[C@@H]2CC(c2cccnc2)[C@]2(C)C=CC[C@@H]32)C1. The number of fused-ring (bicyclic) bond motifs is 5.